The number of halogens is 1. The summed E-state index contributed by atoms with van der Waals surface area (Å²) in [5.41, 5.74) is 1.11. The summed E-state index contributed by atoms with van der Waals surface area (Å²) in [5, 5.41) is 0. The van der Waals surface area contributed by atoms with Gasteiger partial charge >= 0.3 is 0 Å². The number of pyridine rings is 1. The number of nitrogens with zero attached hydrogens (tertiary/aromatic N) is 2. The van der Waals surface area contributed by atoms with Crippen LogP contribution in [0.1, 0.15) is 5.69 Å². The number of carbonyl (C=O) groups is 1. The molecule has 6 heteroatoms. The second-order valence-electron chi connectivity index (χ2n) is 4.25. The molecule has 1 amide bonds. The van der Waals surface area contributed by atoms with Gasteiger partial charge < -0.3 is 0 Å². The molecule has 0 N–H and O–H groups in total. The van der Waals surface area contributed by atoms with Crippen LogP contribution in [0.15, 0.2) is 53.6 Å². The Morgan fingerprint density at radius 1 is 1.24 bits per heavy atom. The van der Waals surface area contributed by atoms with Crippen molar-refractivity contribution >= 4 is 46.0 Å². The highest BCUT2D eigenvalue weighted by molar-refractivity contribution is 8.27. The molecule has 0 atom stereocenters. The van der Waals surface area contributed by atoms with E-state index in [2.05, 4.69) is 4.98 Å². The first-order chi connectivity index (χ1) is 10.1. The van der Waals surface area contributed by atoms with Gasteiger partial charge in [0.2, 0.25) is 0 Å². The van der Waals surface area contributed by atoms with E-state index in [1.807, 2.05) is 6.07 Å². The molecule has 0 radical (unpaired) electrons. The lowest BCUT2D eigenvalue weighted by molar-refractivity contribution is -0.113. The Labute approximate surface area is 130 Å². The topological polar surface area (TPSA) is 33.2 Å². The van der Waals surface area contributed by atoms with E-state index in [0.717, 1.165) is 0 Å². The predicted molar refractivity (Wildman–Crippen MR) is 86.3 cm³/mol. The monoisotopic (exact) mass is 316 g/mol. The fourth-order valence-corrected chi connectivity index (χ4v) is 3.18. The van der Waals surface area contributed by atoms with E-state index in [1.54, 1.807) is 36.5 Å². The second-order valence-corrected chi connectivity index (χ2v) is 5.93. The van der Waals surface area contributed by atoms with E-state index in [4.69, 9.17) is 12.2 Å². The maximum absolute atomic E-state index is 13.3. The van der Waals surface area contributed by atoms with Crippen LogP contribution in [0.5, 0.6) is 0 Å². The van der Waals surface area contributed by atoms with Gasteiger partial charge in [-0.1, -0.05) is 36.1 Å². The van der Waals surface area contributed by atoms with Crippen molar-refractivity contribution in [2.75, 3.05) is 4.90 Å². The first-order valence-corrected chi connectivity index (χ1v) is 7.32. The molecule has 0 saturated carbocycles. The Bertz CT molecular complexity index is 746. The number of hydrogen-bond acceptors (Lipinski definition) is 4. The highest BCUT2D eigenvalue weighted by Crippen LogP contribution is 2.35. The van der Waals surface area contributed by atoms with Gasteiger partial charge in [0.15, 0.2) is 4.32 Å². The molecule has 104 valence electrons. The Hall–Kier alpha value is -2.05. The van der Waals surface area contributed by atoms with Crippen molar-refractivity contribution in [1.29, 1.82) is 0 Å². The largest absolute Gasteiger partial charge is 0.270 e. The fraction of sp³-hybridized carbons (Fsp3) is 0. The molecule has 3 rings (SSSR count). The summed E-state index contributed by atoms with van der Waals surface area (Å²) in [6, 6.07) is 11.2. The van der Waals surface area contributed by atoms with E-state index in [9.17, 15) is 9.18 Å². The molecule has 1 fully saturated rings. The maximum atomic E-state index is 13.3. The number of hydrogen-bond donors (Lipinski definition) is 0. The van der Waals surface area contributed by atoms with Crippen molar-refractivity contribution in [1.82, 2.24) is 4.98 Å². The van der Waals surface area contributed by atoms with Crippen molar-refractivity contribution in [3.8, 4) is 0 Å². The lowest BCUT2D eigenvalue weighted by Crippen LogP contribution is -2.27. The van der Waals surface area contributed by atoms with Gasteiger partial charge in [-0.05, 0) is 36.4 Å². The van der Waals surface area contributed by atoms with Crippen molar-refractivity contribution in [3.05, 3.63) is 65.1 Å². The minimum absolute atomic E-state index is 0.263. The molecule has 1 aromatic heterocycles. The first-order valence-electron chi connectivity index (χ1n) is 6.10. The highest BCUT2D eigenvalue weighted by atomic mass is 32.2. The van der Waals surface area contributed by atoms with Crippen LogP contribution in [0, 0.1) is 5.82 Å². The van der Waals surface area contributed by atoms with Crippen LogP contribution in [-0.4, -0.2) is 15.2 Å². The molecule has 1 aromatic carbocycles. The number of carbonyl (C=O) groups excluding carboxylic acids is 1. The molecular formula is C15H9FN2OS2. The molecular weight excluding hydrogens is 307 g/mol. The molecule has 3 nitrogen and oxygen atoms in total. The first kappa shape index (κ1) is 13.9. The average Bonchev–Trinajstić information content (AvgIpc) is 2.74. The van der Waals surface area contributed by atoms with E-state index < -0.39 is 5.82 Å². The summed E-state index contributed by atoms with van der Waals surface area (Å²) in [5.74, 6) is -0.670. The minimum Gasteiger partial charge on any atom is -0.268 e. The zero-order valence-electron chi connectivity index (χ0n) is 10.7. The summed E-state index contributed by atoms with van der Waals surface area (Å²) in [7, 11) is 0. The van der Waals surface area contributed by atoms with Gasteiger partial charge in [0.25, 0.3) is 5.91 Å². The molecule has 21 heavy (non-hydrogen) atoms. The van der Waals surface area contributed by atoms with Crippen LogP contribution in [-0.2, 0) is 4.79 Å². The van der Waals surface area contributed by atoms with Crippen molar-refractivity contribution in [3.63, 3.8) is 0 Å². The third-order valence-corrected chi connectivity index (χ3v) is 4.13. The molecule has 0 bridgehead atoms. The number of benzene rings is 1. The normalized spacial score (nSPS) is 16.8. The van der Waals surface area contributed by atoms with Crippen molar-refractivity contribution in [2.45, 2.75) is 0 Å². The SMILES string of the molecule is O=C1/C(=C\c2ccccn2)SC(=S)N1c1cccc(F)c1. The zero-order valence-corrected chi connectivity index (χ0v) is 12.3. The standard InChI is InChI=1S/C15H9FN2OS2/c16-10-4-3-6-12(8-10)18-14(19)13(21-15(18)20)9-11-5-1-2-7-17-11/h1-9H/b13-9+. The van der Waals surface area contributed by atoms with E-state index in [1.165, 1.54) is 28.8 Å². The van der Waals surface area contributed by atoms with Crippen LogP contribution in [0.4, 0.5) is 10.1 Å². The Morgan fingerprint density at radius 2 is 2.10 bits per heavy atom. The minimum atomic E-state index is -0.407. The lowest BCUT2D eigenvalue weighted by atomic mass is 10.2. The highest BCUT2D eigenvalue weighted by Gasteiger charge is 2.33. The molecule has 2 heterocycles. The summed E-state index contributed by atoms with van der Waals surface area (Å²) in [6.45, 7) is 0. The number of thioether (sulfide) groups is 1. The summed E-state index contributed by atoms with van der Waals surface area (Å²) in [4.78, 5) is 18.4. The number of anilines is 1. The Kier molecular flexibility index (Phi) is 3.81. The van der Waals surface area contributed by atoms with Gasteiger partial charge in [-0.3, -0.25) is 14.7 Å². The second kappa shape index (κ2) is 5.75. The van der Waals surface area contributed by atoms with Crippen LogP contribution in [0.3, 0.4) is 0 Å². The van der Waals surface area contributed by atoms with Gasteiger partial charge in [-0.15, -0.1) is 0 Å². The van der Waals surface area contributed by atoms with E-state index in [-0.39, 0.29) is 5.91 Å². The number of aromatic nitrogens is 1. The van der Waals surface area contributed by atoms with Gasteiger partial charge in [-0.25, -0.2) is 4.39 Å². The lowest BCUT2D eigenvalue weighted by Gasteiger charge is -2.14. The van der Waals surface area contributed by atoms with E-state index in [0.29, 0.717) is 20.6 Å². The van der Waals surface area contributed by atoms with Crippen LogP contribution < -0.4 is 4.90 Å². The summed E-state index contributed by atoms with van der Waals surface area (Å²) < 4.78 is 13.7. The molecule has 2 aromatic rings. The Morgan fingerprint density at radius 3 is 2.81 bits per heavy atom. The van der Waals surface area contributed by atoms with Gasteiger partial charge in [0, 0.05) is 6.20 Å². The molecule has 1 aliphatic rings. The van der Waals surface area contributed by atoms with Crippen molar-refractivity contribution < 1.29 is 9.18 Å². The van der Waals surface area contributed by atoms with Gasteiger partial charge in [0.1, 0.15) is 5.82 Å². The van der Waals surface area contributed by atoms with Gasteiger partial charge in [0.05, 0.1) is 16.3 Å². The molecule has 1 saturated heterocycles. The Balaban J connectivity index is 1.94. The van der Waals surface area contributed by atoms with E-state index >= 15 is 0 Å². The third kappa shape index (κ3) is 2.86. The zero-order chi connectivity index (χ0) is 14.8. The molecule has 0 aliphatic carbocycles. The smallest absolute Gasteiger partial charge is 0.268 e. The van der Waals surface area contributed by atoms with Crippen LogP contribution in [0.25, 0.3) is 6.08 Å². The predicted octanol–water partition coefficient (Wildman–Crippen LogP) is 3.63. The van der Waals surface area contributed by atoms with Crippen molar-refractivity contribution in [2.24, 2.45) is 0 Å². The summed E-state index contributed by atoms with van der Waals surface area (Å²) in [6.07, 6.45) is 3.33. The van der Waals surface area contributed by atoms with Crippen LogP contribution in [0.2, 0.25) is 0 Å². The van der Waals surface area contributed by atoms with Gasteiger partial charge in [-0.2, -0.15) is 0 Å². The van der Waals surface area contributed by atoms with Crippen LogP contribution >= 0.6 is 24.0 Å². The maximum Gasteiger partial charge on any atom is 0.270 e. The number of rotatable bonds is 2. The number of thiocarbonyl (C=S) groups is 1. The molecule has 0 unspecified atom stereocenters. The molecule has 1 aliphatic heterocycles. The third-order valence-electron chi connectivity index (χ3n) is 2.83. The quantitative estimate of drug-likeness (QED) is 0.626. The summed E-state index contributed by atoms with van der Waals surface area (Å²) >= 11 is 6.40. The molecule has 0 spiro atoms. The number of amides is 1. The average molecular weight is 316 g/mol. The fourth-order valence-electron chi connectivity index (χ4n) is 1.90.